The predicted molar refractivity (Wildman–Crippen MR) is 185 cm³/mol. The van der Waals surface area contributed by atoms with Crippen molar-refractivity contribution in [3.8, 4) is 0 Å². The Labute approximate surface area is 262 Å². The highest BCUT2D eigenvalue weighted by atomic mass is 16.2. The predicted octanol–water partition coefficient (Wildman–Crippen LogP) is 10.9. The van der Waals surface area contributed by atoms with Crippen molar-refractivity contribution >= 4 is 11.6 Å². The van der Waals surface area contributed by atoms with Crippen LogP contribution in [-0.4, -0.2) is 23.7 Å². The van der Waals surface area contributed by atoms with Gasteiger partial charge in [0.2, 0.25) is 0 Å². The molecule has 0 aliphatic heterocycles. The minimum atomic E-state index is -1.48. The van der Waals surface area contributed by atoms with Gasteiger partial charge >= 0.3 is 0 Å². The molecule has 4 nitrogen and oxygen atoms in total. The Morgan fingerprint density at radius 2 is 0.714 bits per heavy atom. The van der Waals surface area contributed by atoms with E-state index in [4.69, 9.17) is 11.5 Å². The van der Waals surface area contributed by atoms with E-state index in [1.807, 2.05) is 0 Å². The first-order valence-corrected chi connectivity index (χ1v) is 18.4. The third kappa shape index (κ3) is 24.2. The van der Waals surface area contributed by atoms with Gasteiger partial charge in [-0.3, -0.25) is 9.59 Å². The fourth-order valence-corrected chi connectivity index (χ4v) is 5.54. The number of hydrogen-bond acceptors (Lipinski definition) is 4. The van der Waals surface area contributed by atoms with Crippen LogP contribution in [0.4, 0.5) is 0 Å². The van der Waals surface area contributed by atoms with E-state index in [2.05, 4.69) is 38.2 Å². The first-order valence-electron chi connectivity index (χ1n) is 18.4. The summed E-state index contributed by atoms with van der Waals surface area (Å²) < 4.78 is 0. The first kappa shape index (κ1) is 40.7. The van der Waals surface area contributed by atoms with Gasteiger partial charge in [0, 0.05) is 19.4 Å². The summed E-state index contributed by atoms with van der Waals surface area (Å²) in [4.78, 5) is 25.6. The molecular weight excluding hydrogens is 516 g/mol. The Kier molecular flexibility index (Phi) is 30.2. The lowest BCUT2D eigenvalue weighted by molar-refractivity contribution is -0.134. The van der Waals surface area contributed by atoms with Gasteiger partial charge in [0.05, 0.1) is 0 Å². The number of ketones is 2. The highest BCUT2D eigenvalue weighted by Crippen LogP contribution is 2.17. The monoisotopic (exact) mass is 589 g/mol. The number of unbranched alkanes of at least 4 members (excludes halogenated alkanes) is 22. The third-order valence-corrected chi connectivity index (χ3v) is 8.65. The second-order valence-electron chi connectivity index (χ2n) is 12.7. The molecule has 0 atom stereocenters. The average Bonchev–Trinajstić information content (AvgIpc) is 3.00. The molecule has 0 saturated carbocycles. The molecule has 0 amide bonds. The van der Waals surface area contributed by atoms with E-state index < -0.39 is 5.54 Å². The average molecular weight is 589 g/mol. The molecule has 0 radical (unpaired) electrons. The molecule has 0 fully saturated rings. The van der Waals surface area contributed by atoms with E-state index >= 15 is 0 Å². The summed E-state index contributed by atoms with van der Waals surface area (Å²) in [7, 11) is 0. The molecule has 42 heavy (non-hydrogen) atoms. The van der Waals surface area contributed by atoms with Crippen molar-refractivity contribution in [2.45, 2.75) is 199 Å². The van der Waals surface area contributed by atoms with Crippen molar-refractivity contribution in [2.24, 2.45) is 11.5 Å². The zero-order valence-corrected chi connectivity index (χ0v) is 28.3. The molecule has 246 valence electrons. The molecule has 0 aliphatic rings. The Morgan fingerprint density at radius 3 is 1.00 bits per heavy atom. The normalized spacial score (nSPS) is 12.2. The molecule has 0 heterocycles. The summed E-state index contributed by atoms with van der Waals surface area (Å²) in [6, 6.07) is 0. The van der Waals surface area contributed by atoms with E-state index in [-0.39, 0.29) is 18.1 Å². The van der Waals surface area contributed by atoms with Crippen LogP contribution < -0.4 is 11.5 Å². The van der Waals surface area contributed by atoms with Crippen molar-refractivity contribution in [3.05, 3.63) is 24.3 Å². The van der Waals surface area contributed by atoms with Crippen LogP contribution in [0.25, 0.3) is 0 Å². The van der Waals surface area contributed by atoms with E-state index in [1.165, 1.54) is 116 Å². The Morgan fingerprint density at radius 1 is 0.452 bits per heavy atom. The highest BCUT2D eigenvalue weighted by molar-refractivity contribution is 6.11. The van der Waals surface area contributed by atoms with Crippen LogP contribution >= 0.6 is 0 Å². The topological polar surface area (TPSA) is 86.2 Å². The van der Waals surface area contributed by atoms with Gasteiger partial charge < -0.3 is 11.5 Å². The van der Waals surface area contributed by atoms with Gasteiger partial charge in [0.15, 0.2) is 11.6 Å². The number of allylic oxidation sites excluding steroid dienone is 4. The Bertz CT molecular complexity index is 618. The molecule has 4 heteroatoms. The summed E-state index contributed by atoms with van der Waals surface area (Å²) in [6.07, 6.45) is 41.8. The molecule has 0 rings (SSSR count). The van der Waals surface area contributed by atoms with Gasteiger partial charge in [0.25, 0.3) is 0 Å². The van der Waals surface area contributed by atoms with Crippen molar-refractivity contribution in [3.63, 3.8) is 0 Å². The van der Waals surface area contributed by atoms with E-state index in [1.54, 1.807) is 0 Å². The zero-order chi connectivity index (χ0) is 31.0. The van der Waals surface area contributed by atoms with E-state index in [0.29, 0.717) is 12.8 Å². The van der Waals surface area contributed by atoms with Crippen LogP contribution in [0.5, 0.6) is 0 Å². The van der Waals surface area contributed by atoms with Crippen LogP contribution in [-0.2, 0) is 9.59 Å². The number of Topliss-reactive ketones (excluding diaryl/α,β-unsaturated/α-hetero) is 2. The van der Waals surface area contributed by atoms with Crippen LogP contribution in [0, 0.1) is 0 Å². The van der Waals surface area contributed by atoms with Gasteiger partial charge in [-0.05, 0) is 64.2 Å². The van der Waals surface area contributed by atoms with Crippen LogP contribution in [0.15, 0.2) is 24.3 Å². The van der Waals surface area contributed by atoms with Gasteiger partial charge in [-0.2, -0.15) is 0 Å². The number of carbonyl (C=O) groups excluding carboxylic acids is 2. The lowest BCUT2D eigenvalue weighted by atomic mass is 9.84. The molecule has 0 aromatic carbocycles. The summed E-state index contributed by atoms with van der Waals surface area (Å²) in [5, 5.41) is 0. The van der Waals surface area contributed by atoms with Crippen molar-refractivity contribution in [1.29, 1.82) is 0 Å². The maximum atomic E-state index is 12.8. The molecule has 0 bridgehead atoms. The fraction of sp³-hybridized carbons (Fsp3) is 0.842. The van der Waals surface area contributed by atoms with Gasteiger partial charge in [-0.15, -0.1) is 0 Å². The number of hydrogen-bond donors (Lipinski definition) is 2. The van der Waals surface area contributed by atoms with Crippen molar-refractivity contribution < 1.29 is 9.59 Å². The van der Waals surface area contributed by atoms with E-state index in [0.717, 1.165) is 51.4 Å². The largest absolute Gasteiger partial charge is 0.328 e. The van der Waals surface area contributed by atoms with Crippen LogP contribution in [0.2, 0.25) is 0 Å². The SMILES string of the molecule is CCCCCCCC/C=C\CCCCCCCC(=O)C(N)(CN)C(=O)CCCCCCC/C=C\CCCCCCCC. The lowest BCUT2D eigenvalue weighted by Gasteiger charge is -2.25. The summed E-state index contributed by atoms with van der Waals surface area (Å²) in [5.74, 6) is -0.333. The molecule has 0 aliphatic carbocycles. The van der Waals surface area contributed by atoms with Gasteiger partial charge in [-0.25, -0.2) is 0 Å². The standard InChI is InChI=1S/C38H72N2O2/c1-3-5-7-9-11-13-15-17-19-21-23-25-27-29-31-33-36(41)38(40,35-39)37(42)34-32-30-28-26-24-22-20-18-16-14-12-10-8-6-4-2/h17-20H,3-16,21-35,39-40H2,1-2H3/b19-17-,20-18-. The molecular formula is C38H72N2O2. The molecule has 0 saturated heterocycles. The summed E-state index contributed by atoms with van der Waals surface area (Å²) >= 11 is 0. The van der Waals surface area contributed by atoms with Crippen molar-refractivity contribution in [2.75, 3.05) is 6.54 Å². The minimum Gasteiger partial charge on any atom is -0.328 e. The second kappa shape index (κ2) is 31.2. The van der Waals surface area contributed by atoms with Crippen LogP contribution in [0.3, 0.4) is 0 Å². The smallest absolute Gasteiger partial charge is 0.161 e. The van der Waals surface area contributed by atoms with Gasteiger partial charge in [-0.1, -0.05) is 141 Å². The number of carbonyl (C=O) groups is 2. The Hall–Kier alpha value is -1.26. The highest BCUT2D eigenvalue weighted by Gasteiger charge is 2.38. The van der Waals surface area contributed by atoms with E-state index in [9.17, 15) is 9.59 Å². The summed E-state index contributed by atoms with van der Waals surface area (Å²) in [6.45, 7) is 4.44. The molecule has 0 unspecified atom stereocenters. The van der Waals surface area contributed by atoms with Crippen molar-refractivity contribution in [1.82, 2.24) is 0 Å². The maximum Gasteiger partial charge on any atom is 0.161 e. The molecule has 0 spiro atoms. The lowest BCUT2D eigenvalue weighted by Crippen LogP contribution is -2.60. The summed E-state index contributed by atoms with van der Waals surface area (Å²) in [5.41, 5.74) is 10.6. The maximum absolute atomic E-state index is 12.8. The van der Waals surface area contributed by atoms with Crippen LogP contribution in [0.1, 0.15) is 194 Å². The first-order chi connectivity index (χ1) is 20.5. The number of nitrogens with two attached hydrogens (primary N) is 2. The quantitative estimate of drug-likeness (QED) is 0.0453. The zero-order valence-electron chi connectivity index (χ0n) is 28.3. The fourth-order valence-electron chi connectivity index (χ4n) is 5.54. The second-order valence-corrected chi connectivity index (χ2v) is 12.7. The van der Waals surface area contributed by atoms with Gasteiger partial charge in [0.1, 0.15) is 5.54 Å². The Balaban J connectivity index is 3.77. The molecule has 4 N–H and O–H groups in total. The third-order valence-electron chi connectivity index (χ3n) is 8.65. The molecule has 0 aromatic heterocycles. The minimum absolute atomic E-state index is 0.0825. The molecule has 0 aromatic rings. The number of rotatable bonds is 33.